The normalized spacial score (nSPS) is 15.9. The van der Waals surface area contributed by atoms with Gasteiger partial charge in [-0.3, -0.25) is 0 Å². The van der Waals surface area contributed by atoms with Crippen molar-refractivity contribution in [3.05, 3.63) is 0 Å². The van der Waals surface area contributed by atoms with Gasteiger partial charge in [0, 0.05) is 0 Å². The van der Waals surface area contributed by atoms with Gasteiger partial charge in [0.05, 0.1) is 0 Å². The zero-order chi connectivity index (χ0) is 30.2. The van der Waals surface area contributed by atoms with Gasteiger partial charge in [-0.05, 0) is 0 Å². The maximum absolute atomic E-state index is 6.70. The molecule has 9 heteroatoms. The molecule has 0 radical (unpaired) electrons. The van der Waals surface area contributed by atoms with E-state index in [1.54, 1.807) is 0 Å². The predicted molar refractivity (Wildman–Crippen MR) is 177 cm³/mol. The van der Waals surface area contributed by atoms with Crippen molar-refractivity contribution in [3.8, 4) is 0 Å². The molecule has 0 bridgehead atoms. The molecule has 0 saturated heterocycles. The zero-order valence-corrected chi connectivity index (χ0v) is 35.6. The second kappa shape index (κ2) is 12.4. The summed E-state index contributed by atoms with van der Waals surface area (Å²) in [6.07, 6.45) is 0. The molecule has 0 amide bonds. The molecular formula is C28H70N2O2Si4Zr. The summed E-state index contributed by atoms with van der Waals surface area (Å²) in [6.45, 7) is 48.2. The van der Waals surface area contributed by atoms with E-state index in [1.165, 1.54) is 7.50 Å². The van der Waals surface area contributed by atoms with Crippen LogP contribution < -0.4 is 6.52 Å². The van der Waals surface area contributed by atoms with E-state index in [0.717, 1.165) is 12.1 Å². The summed E-state index contributed by atoms with van der Waals surface area (Å²) in [6, 6.07) is 2.26. The quantitative estimate of drug-likeness (QED) is 0.181. The number of nitrogens with one attached hydrogen (secondary N) is 2. The molecule has 0 heterocycles. The fourth-order valence-corrected chi connectivity index (χ4v) is 59.6. The van der Waals surface area contributed by atoms with Gasteiger partial charge < -0.3 is 0 Å². The van der Waals surface area contributed by atoms with Crippen LogP contribution in [0.25, 0.3) is 0 Å². The van der Waals surface area contributed by atoms with Crippen LogP contribution in [0.2, 0.25) is 85.1 Å². The van der Waals surface area contributed by atoms with Gasteiger partial charge in [-0.25, -0.2) is 0 Å². The maximum atomic E-state index is 6.70. The monoisotopic (exact) mass is 668 g/mol. The molecule has 0 aliphatic carbocycles. The van der Waals surface area contributed by atoms with Gasteiger partial charge in [-0.15, -0.1) is 0 Å². The molecule has 0 atom stereocenters. The average molecular weight is 670 g/mol. The van der Waals surface area contributed by atoms with Crippen molar-refractivity contribution in [2.75, 3.05) is 0 Å². The summed E-state index contributed by atoms with van der Waals surface area (Å²) in [5.41, 5.74) is -0.0821. The van der Waals surface area contributed by atoms with Crippen molar-refractivity contribution in [1.82, 2.24) is 6.52 Å². The molecule has 0 saturated carbocycles. The van der Waals surface area contributed by atoms with Gasteiger partial charge >= 0.3 is 246 Å². The first-order valence-corrected chi connectivity index (χ1v) is 34.2. The second-order valence-corrected chi connectivity index (χ2v) is 49.7. The van der Waals surface area contributed by atoms with Crippen LogP contribution in [0.1, 0.15) is 69.2 Å². The molecule has 0 spiro atoms. The Morgan fingerprint density at radius 2 is 0.730 bits per heavy atom. The third-order valence-electron chi connectivity index (χ3n) is 5.72. The van der Waals surface area contributed by atoms with Crippen molar-refractivity contribution in [2.45, 2.75) is 177 Å². The minimum absolute atomic E-state index is 0.0499. The molecule has 0 unspecified atom stereocenters. The van der Waals surface area contributed by atoms with Crippen LogP contribution in [0.15, 0.2) is 0 Å². The molecule has 0 aromatic rings. The predicted octanol–water partition coefficient (Wildman–Crippen LogP) is 9.34. The van der Waals surface area contributed by atoms with E-state index in [0.29, 0.717) is 0 Å². The van der Waals surface area contributed by atoms with E-state index in [-0.39, 0.29) is 22.3 Å². The molecule has 0 aliphatic heterocycles. The SMILES string of the molecule is CC(C)(C[Si](C)(C)OC(C)(C)C)[NH][Zr]([CH2][Si](C)(C)C)([CH2][Si](C)(C)C)[NH]C(C)(C)C[Si](C)(C)OC(C)(C)C. The molecular weight excluding hydrogens is 600 g/mol. The fraction of sp³-hybridized carbons (Fsp3) is 1.00. The third-order valence-corrected chi connectivity index (χ3v) is 45.1. The standard InChI is InChI=1S/2C10H24NOSi.2C4H11Si.Zr/c2*1-9(2,3)12-13(6,7)8-10(4,5)11;2*1-5(2,3)4;/h2*11H,8H2,1-7H3;2*1H2,2-4H3;/q2*-1;;;+2. The Bertz CT molecular complexity index is 666. The Morgan fingerprint density at radius 3 is 0.919 bits per heavy atom. The van der Waals surface area contributed by atoms with E-state index < -0.39 is 53.6 Å². The van der Waals surface area contributed by atoms with Crippen LogP contribution in [0.5, 0.6) is 0 Å². The van der Waals surface area contributed by atoms with Crippen LogP contribution in [-0.4, -0.2) is 55.1 Å². The van der Waals surface area contributed by atoms with Gasteiger partial charge in [0.1, 0.15) is 0 Å². The first kappa shape index (κ1) is 38.6. The zero-order valence-electron chi connectivity index (χ0n) is 29.1. The van der Waals surface area contributed by atoms with Crippen molar-refractivity contribution < 1.29 is 29.7 Å². The van der Waals surface area contributed by atoms with Crippen molar-refractivity contribution in [3.63, 3.8) is 0 Å². The molecule has 0 fully saturated rings. The van der Waals surface area contributed by atoms with Gasteiger partial charge in [-0.1, -0.05) is 0 Å². The Kier molecular flexibility index (Phi) is 13.0. The number of hydrogen-bond donors (Lipinski definition) is 2. The molecule has 4 nitrogen and oxygen atoms in total. The summed E-state index contributed by atoms with van der Waals surface area (Å²) in [5.74, 6) is 0. The third kappa shape index (κ3) is 19.4. The second-order valence-electron chi connectivity index (χ2n) is 18.9. The average Bonchev–Trinajstić information content (AvgIpc) is 2.29. The molecule has 0 aromatic carbocycles. The Balaban J connectivity index is 6.48. The Hall–Kier alpha value is 1.59. The number of hydrogen-bond acceptors (Lipinski definition) is 4. The van der Waals surface area contributed by atoms with E-state index in [9.17, 15) is 0 Å². The molecule has 37 heavy (non-hydrogen) atoms. The topological polar surface area (TPSA) is 42.5 Å². The Labute approximate surface area is 244 Å². The van der Waals surface area contributed by atoms with Gasteiger partial charge in [0.15, 0.2) is 0 Å². The van der Waals surface area contributed by atoms with Crippen LogP contribution in [0, 0.1) is 0 Å². The van der Waals surface area contributed by atoms with Crippen LogP contribution in [0.3, 0.4) is 0 Å². The van der Waals surface area contributed by atoms with Crippen molar-refractivity contribution in [2.24, 2.45) is 0 Å². The van der Waals surface area contributed by atoms with Crippen LogP contribution >= 0.6 is 0 Å². The van der Waals surface area contributed by atoms with Gasteiger partial charge in [-0.2, -0.15) is 0 Å². The fourth-order valence-electron chi connectivity index (χ4n) is 7.32. The van der Waals surface area contributed by atoms with Crippen molar-refractivity contribution in [1.29, 1.82) is 0 Å². The molecule has 224 valence electrons. The molecule has 2 N–H and O–H groups in total. The van der Waals surface area contributed by atoms with E-state index in [4.69, 9.17) is 8.85 Å². The summed E-state index contributed by atoms with van der Waals surface area (Å²) in [7, 11) is -6.39. The van der Waals surface area contributed by atoms with Crippen molar-refractivity contribution >= 4 is 32.8 Å². The minimum atomic E-state index is -3.11. The van der Waals surface area contributed by atoms with Crippen LogP contribution in [0.4, 0.5) is 0 Å². The summed E-state index contributed by atoms with van der Waals surface area (Å²) in [4.78, 5) is 0. The van der Waals surface area contributed by atoms with Gasteiger partial charge in [0.2, 0.25) is 0 Å². The Morgan fingerprint density at radius 1 is 0.486 bits per heavy atom. The van der Waals surface area contributed by atoms with Crippen LogP contribution in [-0.2, 0) is 29.7 Å². The van der Waals surface area contributed by atoms with Gasteiger partial charge in [0.25, 0.3) is 0 Å². The summed E-state index contributed by atoms with van der Waals surface area (Å²) in [5, 5.41) is 0. The molecule has 0 aromatic heterocycles. The molecule has 0 aliphatic rings. The van der Waals surface area contributed by atoms with E-state index in [2.05, 4.69) is 141 Å². The summed E-state index contributed by atoms with van der Waals surface area (Å²) >= 11 is -3.11. The van der Waals surface area contributed by atoms with E-state index in [1.807, 2.05) is 0 Å². The first-order chi connectivity index (χ1) is 15.7. The first-order valence-electron chi connectivity index (χ1n) is 14.6. The summed E-state index contributed by atoms with van der Waals surface area (Å²) < 4.78 is 25.3. The molecule has 0 rings (SSSR count). The number of rotatable bonds is 14. The van der Waals surface area contributed by atoms with E-state index >= 15 is 0 Å².